The van der Waals surface area contributed by atoms with Gasteiger partial charge in [-0.3, -0.25) is 4.79 Å². The molecule has 1 aromatic heterocycles. The molecule has 5 nitrogen and oxygen atoms in total. The topological polar surface area (TPSA) is 60.3 Å². The summed E-state index contributed by atoms with van der Waals surface area (Å²) >= 11 is 0. The number of methoxy groups -OCH3 is 1. The first kappa shape index (κ1) is 21.0. The van der Waals surface area contributed by atoms with Gasteiger partial charge in [-0.2, -0.15) is 0 Å². The third-order valence-electron chi connectivity index (χ3n) is 6.73. The zero-order chi connectivity index (χ0) is 23.4. The molecule has 0 radical (unpaired) electrons. The van der Waals surface area contributed by atoms with Crippen molar-refractivity contribution < 1.29 is 14.3 Å². The lowest BCUT2D eigenvalue weighted by molar-refractivity contribution is -0.136. The van der Waals surface area contributed by atoms with Gasteiger partial charge in [0.05, 0.1) is 24.3 Å². The summed E-state index contributed by atoms with van der Waals surface area (Å²) in [4.78, 5) is 26.6. The number of nitrogens with zero attached hydrogens (tertiary/aromatic N) is 1. The van der Waals surface area contributed by atoms with E-state index in [1.807, 2.05) is 45.0 Å². The summed E-state index contributed by atoms with van der Waals surface area (Å²) in [6.45, 7) is 8.02. The third-order valence-corrected chi connectivity index (χ3v) is 6.73. The van der Waals surface area contributed by atoms with Crippen molar-refractivity contribution in [3.05, 3.63) is 105 Å². The summed E-state index contributed by atoms with van der Waals surface area (Å²) in [5.41, 5.74) is 9.30. The van der Waals surface area contributed by atoms with Crippen molar-refractivity contribution in [2.45, 2.75) is 33.6 Å². The van der Waals surface area contributed by atoms with E-state index in [1.54, 1.807) is 0 Å². The number of fused-ring (bicyclic) bond motifs is 2. The van der Waals surface area contributed by atoms with Gasteiger partial charge in [0.1, 0.15) is 0 Å². The third kappa shape index (κ3) is 3.07. The van der Waals surface area contributed by atoms with E-state index < -0.39 is 11.9 Å². The summed E-state index contributed by atoms with van der Waals surface area (Å²) < 4.78 is 7.34. The molecule has 2 aliphatic rings. The Morgan fingerprint density at radius 1 is 0.970 bits per heavy atom. The Bertz CT molecular complexity index is 1390. The predicted molar refractivity (Wildman–Crippen MR) is 128 cm³/mol. The fraction of sp³-hybridized carbons (Fsp3) is 0.214. The number of rotatable bonds is 3. The Hall–Kier alpha value is -3.86. The quantitative estimate of drug-likeness (QED) is 0.575. The van der Waals surface area contributed by atoms with Crippen LogP contribution in [0.2, 0.25) is 0 Å². The highest BCUT2D eigenvalue weighted by Gasteiger charge is 2.43. The molecule has 2 heterocycles. The van der Waals surface area contributed by atoms with Crippen LogP contribution in [0.15, 0.2) is 71.4 Å². The van der Waals surface area contributed by atoms with E-state index in [-0.39, 0.29) is 5.78 Å². The maximum absolute atomic E-state index is 13.6. The van der Waals surface area contributed by atoms with Crippen LogP contribution in [0, 0.1) is 20.8 Å². The van der Waals surface area contributed by atoms with Gasteiger partial charge in [-0.15, -0.1) is 0 Å². The van der Waals surface area contributed by atoms with E-state index in [1.165, 1.54) is 12.7 Å². The zero-order valence-corrected chi connectivity index (χ0v) is 19.4. The lowest BCUT2D eigenvalue weighted by Gasteiger charge is -2.29. The fourth-order valence-corrected chi connectivity index (χ4v) is 5.19. The van der Waals surface area contributed by atoms with E-state index in [2.05, 4.69) is 47.1 Å². The van der Waals surface area contributed by atoms with Gasteiger partial charge in [0.15, 0.2) is 5.78 Å². The fourth-order valence-electron chi connectivity index (χ4n) is 5.19. The van der Waals surface area contributed by atoms with Crippen molar-refractivity contribution >= 4 is 17.4 Å². The molecule has 0 fully saturated rings. The summed E-state index contributed by atoms with van der Waals surface area (Å²) in [6.07, 6.45) is 0. The van der Waals surface area contributed by atoms with Crippen molar-refractivity contribution in [1.29, 1.82) is 0 Å². The minimum atomic E-state index is -0.515. The van der Waals surface area contributed by atoms with E-state index in [0.29, 0.717) is 22.4 Å². The second kappa shape index (κ2) is 7.62. The number of allylic oxidation sites excluding steroid dienone is 2. The van der Waals surface area contributed by atoms with Crippen LogP contribution in [0.1, 0.15) is 51.3 Å². The number of carbonyl (C=O) groups is 2. The monoisotopic (exact) mass is 438 g/mol. The minimum Gasteiger partial charge on any atom is -0.466 e. The molecule has 0 unspecified atom stereocenters. The van der Waals surface area contributed by atoms with E-state index >= 15 is 0 Å². The summed E-state index contributed by atoms with van der Waals surface area (Å²) in [5, 5.41) is 3.34. The molecular formula is C28H26N2O3. The lowest BCUT2D eigenvalue weighted by Crippen LogP contribution is -2.29. The number of aromatic nitrogens is 1. The molecule has 2 aromatic carbocycles. The molecule has 1 aliphatic heterocycles. The van der Waals surface area contributed by atoms with Gasteiger partial charge in [-0.1, -0.05) is 42.0 Å². The van der Waals surface area contributed by atoms with Crippen LogP contribution in [-0.2, 0) is 9.53 Å². The molecule has 1 atom stereocenters. The molecule has 0 spiro atoms. The van der Waals surface area contributed by atoms with Crippen LogP contribution in [0.5, 0.6) is 0 Å². The van der Waals surface area contributed by atoms with E-state index in [9.17, 15) is 9.59 Å². The smallest absolute Gasteiger partial charge is 0.336 e. The van der Waals surface area contributed by atoms with Crippen LogP contribution in [0.3, 0.4) is 0 Å². The van der Waals surface area contributed by atoms with Gasteiger partial charge in [0, 0.05) is 39.5 Å². The van der Waals surface area contributed by atoms with E-state index in [4.69, 9.17) is 4.74 Å². The summed E-state index contributed by atoms with van der Waals surface area (Å²) in [5.74, 6) is -0.994. The molecular weight excluding hydrogens is 412 g/mol. The molecule has 33 heavy (non-hydrogen) atoms. The number of carbonyl (C=O) groups excluding carboxylic acids is 2. The first-order chi connectivity index (χ1) is 15.8. The zero-order valence-electron chi connectivity index (χ0n) is 19.4. The van der Waals surface area contributed by atoms with Crippen LogP contribution in [-0.4, -0.2) is 23.4 Å². The van der Waals surface area contributed by atoms with Crippen molar-refractivity contribution in [2.75, 3.05) is 7.11 Å². The highest BCUT2D eigenvalue weighted by molar-refractivity contribution is 6.23. The maximum Gasteiger partial charge on any atom is 0.336 e. The predicted octanol–water partition coefficient (Wildman–Crippen LogP) is 5.14. The van der Waals surface area contributed by atoms with Crippen molar-refractivity contribution in [3.8, 4) is 5.69 Å². The number of aryl methyl sites for hydroxylation is 2. The highest BCUT2D eigenvalue weighted by Crippen LogP contribution is 2.48. The number of hydrogen-bond acceptors (Lipinski definition) is 4. The Balaban J connectivity index is 1.75. The number of ether oxygens (including phenoxy) is 1. The van der Waals surface area contributed by atoms with Crippen molar-refractivity contribution in [3.63, 3.8) is 0 Å². The van der Waals surface area contributed by atoms with Gasteiger partial charge < -0.3 is 14.6 Å². The van der Waals surface area contributed by atoms with Crippen LogP contribution in [0.4, 0.5) is 0 Å². The number of hydrogen-bond donors (Lipinski definition) is 1. The van der Waals surface area contributed by atoms with Crippen LogP contribution in [0.25, 0.3) is 11.4 Å². The molecule has 5 heteroatoms. The van der Waals surface area contributed by atoms with Gasteiger partial charge in [0.2, 0.25) is 0 Å². The largest absolute Gasteiger partial charge is 0.466 e. The maximum atomic E-state index is 13.6. The molecule has 0 saturated heterocycles. The molecule has 3 aromatic rings. The van der Waals surface area contributed by atoms with Crippen molar-refractivity contribution in [2.24, 2.45) is 0 Å². The standard InChI is InChI=1S/C28H26N2O3/c1-15-10-12-19(13-11-15)30-16(2)14-22(18(30)4)24-23(28(32)33-5)17(3)29-26-20-8-6-7-9-21(20)27(31)25(24)26/h6-14,24,29H,1-5H3/t24-/m1/s1. The van der Waals surface area contributed by atoms with Crippen LogP contribution < -0.4 is 5.32 Å². The van der Waals surface area contributed by atoms with Crippen LogP contribution >= 0.6 is 0 Å². The second-order valence-electron chi connectivity index (χ2n) is 8.75. The Labute approximate surface area is 193 Å². The average Bonchev–Trinajstić information content (AvgIpc) is 3.26. The first-order valence-electron chi connectivity index (χ1n) is 11.0. The molecule has 166 valence electrons. The summed E-state index contributed by atoms with van der Waals surface area (Å²) in [7, 11) is 1.38. The number of dihydropyridines is 1. The lowest BCUT2D eigenvalue weighted by atomic mass is 9.79. The Morgan fingerprint density at radius 2 is 1.64 bits per heavy atom. The number of benzene rings is 2. The molecule has 1 aliphatic carbocycles. The molecule has 5 rings (SSSR count). The second-order valence-corrected chi connectivity index (χ2v) is 8.75. The Kier molecular flexibility index (Phi) is 4.85. The molecule has 0 saturated carbocycles. The number of nitrogens with one attached hydrogen (secondary N) is 1. The molecule has 0 bridgehead atoms. The van der Waals surface area contributed by atoms with Gasteiger partial charge in [-0.25, -0.2) is 4.79 Å². The Morgan fingerprint density at radius 3 is 2.30 bits per heavy atom. The van der Waals surface area contributed by atoms with Gasteiger partial charge in [-0.05, 0) is 51.5 Å². The minimum absolute atomic E-state index is 0.0489. The number of Topliss-reactive ketones (excluding diaryl/α,β-unsaturated/α-hetero) is 1. The number of esters is 1. The molecule has 1 N–H and O–H groups in total. The first-order valence-corrected chi connectivity index (χ1v) is 11.0. The summed E-state index contributed by atoms with van der Waals surface area (Å²) in [6, 6.07) is 18.0. The average molecular weight is 439 g/mol. The van der Waals surface area contributed by atoms with Gasteiger partial charge in [0.25, 0.3) is 0 Å². The van der Waals surface area contributed by atoms with E-state index in [0.717, 1.165) is 33.9 Å². The van der Waals surface area contributed by atoms with Crippen molar-refractivity contribution in [1.82, 2.24) is 9.88 Å². The highest BCUT2D eigenvalue weighted by atomic mass is 16.5. The number of ketones is 1. The van der Waals surface area contributed by atoms with Gasteiger partial charge >= 0.3 is 5.97 Å². The molecule has 0 amide bonds. The normalized spacial score (nSPS) is 17.1. The SMILES string of the molecule is COC(=O)C1=C(C)NC2=C(C(=O)c3ccccc32)[C@@H]1c1cc(C)n(-c2ccc(C)cc2)c1C.